The largest absolute Gasteiger partial charge is 0.481 e. The van der Waals surface area contributed by atoms with Crippen LogP contribution >= 0.6 is 0 Å². The Kier molecular flexibility index (Phi) is 7.24. The molecule has 0 spiro atoms. The molecule has 36 heavy (non-hydrogen) atoms. The number of carboxylic acids is 1. The number of methoxy groups -OCH3 is 1. The fourth-order valence-electron chi connectivity index (χ4n) is 6.85. The third kappa shape index (κ3) is 4.49. The minimum atomic E-state index is -0.741. The molecule has 1 amide bonds. The van der Waals surface area contributed by atoms with Crippen LogP contribution in [-0.2, 0) is 16.0 Å². The van der Waals surface area contributed by atoms with Gasteiger partial charge in [0.2, 0.25) is 0 Å². The van der Waals surface area contributed by atoms with Gasteiger partial charge in [-0.2, -0.15) is 0 Å². The first-order valence-electron chi connectivity index (χ1n) is 13.7. The monoisotopic (exact) mass is 497 g/mol. The number of aliphatic hydroxyl groups excluding tert-OH is 1. The molecule has 1 aromatic carbocycles. The van der Waals surface area contributed by atoms with Gasteiger partial charge in [0.05, 0.1) is 29.7 Å². The second kappa shape index (κ2) is 10.4. The van der Waals surface area contributed by atoms with E-state index in [1.807, 2.05) is 19.1 Å². The van der Waals surface area contributed by atoms with Crippen molar-refractivity contribution in [2.24, 2.45) is 11.8 Å². The van der Waals surface area contributed by atoms with Crippen molar-refractivity contribution in [1.29, 1.82) is 0 Å². The highest BCUT2D eigenvalue weighted by Crippen LogP contribution is 2.43. The molecule has 0 bridgehead atoms. The molecular weight excluding hydrogens is 458 g/mol. The molecular formula is C28H39N3O5. The van der Waals surface area contributed by atoms with Crippen LogP contribution in [0.1, 0.15) is 101 Å². The van der Waals surface area contributed by atoms with E-state index >= 15 is 0 Å². The van der Waals surface area contributed by atoms with E-state index in [-0.39, 0.29) is 30.0 Å². The molecule has 2 fully saturated rings. The topological polar surface area (TPSA) is 105 Å². The summed E-state index contributed by atoms with van der Waals surface area (Å²) in [4.78, 5) is 31.3. The summed E-state index contributed by atoms with van der Waals surface area (Å²) in [6, 6.07) is 3.98. The number of imidazole rings is 1. The van der Waals surface area contributed by atoms with Crippen molar-refractivity contribution in [3.63, 3.8) is 0 Å². The molecule has 0 radical (unpaired) electrons. The Hall–Kier alpha value is -2.61. The fourth-order valence-corrected chi connectivity index (χ4v) is 6.85. The second-order valence-corrected chi connectivity index (χ2v) is 11.1. The number of carbonyl (C=O) groups is 2. The van der Waals surface area contributed by atoms with Crippen LogP contribution in [0.25, 0.3) is 11.0 Å². The molecule has 2 aliphatic carbocycles. The number of rotatable bonds is 4. The number of aliphatic hydroxyl groups is 1. The van der Waals surface area contributed by atoms with Crippen LogP contribution in [0.3, 0.4) is 0 Å². The number of aromatic nitrogens is 2. The number of benzene rings is 1. The predicted octanol–water partition coefficient (Wildman–Crippen LogP) is 5.76. The molecule has 3 aliphatic rings. The van der Waals surface area contributed by atoms with Gasteiger partial charge in [-0.1, -0.05) is 32.1 Å². The lowest BCUT2D eigenvalue weighted by Crippen LogP contribution is -2.42. The molecule has 0 saturated heterocycles. The zero-order valence-corrected chi connectivity index (χ0v) is 21.5. The smallest absolute Gasteiger partial charge is 0.414 e. The molecule has 4 atom stereocenters. The van der Waals surface area contributed by atoms with Crippen LogP contribution in [0.15, 0.2) is 12.1 Å². The third-order valence-electron chi connectivity index (χ3n) is 8.82. The lowest BCUT2D eigenvalue weighted by atomic mass is 9.85. The minimum absolute atomic E-state index is 0.0162. The van der Waals surface area contributed by atoms with E-state index in [1.54, 1.807) is 4.90 Å². The van der Waals surface area contributed by atoms with Crippen LogP contribution in [0.2, 0.25) is 0 Å². The van der Waals surface area contributed by atoms with Crippen molar-refractivity contribution >= 4 is 28.8 Å². The number of aryl methyl sites for hydroxylation is 1. The highest BCUT2D eigenvalue weighted by molar-refractivity contribution is 5.95. The standard InChI is InChI=1S/C28H39N3O5/c1-17-12-13-21-22(30(17)28(35)36-2)14-15-23-24(21)29-26(25(32)18-8-5-3-4-6-9-18)31(23)20-11-7-10-19(16-20)27(33)34/h14-15,17-20,25,32H,3-13,16H2,1-2H3,(H,33,34)/t17-,19?,20?,25?/m0/s1. The van der Waals surface area contributed by atoms with E-state index in [2.05, 4.69) is 4.57 Å². The highest BCUT2D eigenvalue weighted by atomic mass is 16.5. The van der Waals surface area contributed by atoms with Crippen LogP contribution in [0, 0.1) is 11.8 Å². The van der Waals surface area contributed by atoms with Crippen molar-refractivity contribution in [3.8, 4) is 0 Å². The van der Waals surface area contributed by atoms with Gasteiger partial charge in [0.1, 0.15) is 11.9 Å². The van der Waals surface area contributed by atoms with Crippen molar-refractivity contribution in [2.75, 3.05) is 12.0 Å². The number of nitrogens with zero attached hydrogens (tertiary/aromatic N) is 3. The minimum Gasteiger partial charge on any atom is -0.481 e. The number of aliphatic carboxylic acids is 1. The Morgan fingerprint density at radius 2 is 1.81 bits per heavy atom. The molecule has 2 heterocycles. The average molecular weight is 498 g/mol. The SMILES string of the molecule is COC(=O)N1c2ccc3c(nc(C(O)C4CCCCCC4)n3C3CCCC(C(=O)O)C3)c2CC[C@@H]1C. The average Bonchev–Trinajstić information content (AvgIpc) is 3.07. The molecule has 3 unspecified atom stereocenters. The van der Waals surface area contributed by atoms with Gasteiger partial charge in [-0.05, 0) is 69.9 Å². The maximum absolute atomic E-state index is 12.6. The Morgan fingerprint density at radius 3 is 2.50 bits per heavy atom. The van der Waals surface area contributed by atoms with Gasteiger partial charge < -0.3 is 19.5 Å². The van der Waals surface area contributed by atoms with E-state index in [0.717, 1.165) is 73.7 Å². The first-order chi connectivity index (χ1) is 17.4. The number of carboxylic acid groups (broad SMARTS) is 1. The molecule has 1 aliphatic heterocycles. The molecule has 5 rings (SSSR count). The van der Waals surface area contributed by atoms with Crippen LogP contribution < -0.4 is 4.90 Å². The number of hydrogen-bond acceptors (Lipinski definition) is 5. The number of fused-ring (bicyclic) bond motifs is 3. The summed E-state index contributed by atoms with van der Waals surface area (Å²) in [5.74, 6) is -0.290. The van der Waals surface area contributed by atoms with Crippen LogP contribution in [0.4, 0.5) is 10.5 Å². The quantitative estimate of drug-likeness (QED) is 0.520. The number of amides is 1. The number of carbonyl (C=O) groups excluding carboxylic acids is 1. The van der Waals surface area contributed by atoms with Gasteiger partial charge >= 0.3 is 12.1 Å². The van der Waals surface area contributed by atoms with Crippen LogP contribution in [-0.4, -0.2) is 45.0 Å². The van der Waals surface area contributed by atoms with E-state index in [0.29, 0.717) is 18.7 Å². The Bertz CT molecular complexity index is 1120. The third-order valence-corrected chi connectivity index (χ3v) is 8.82. The Balaban J connectivity index is 1.64. The van der Waals surface area contributed by atoms with Crippen LogP contribution in [0.5, 0.6) is 0 Å². The van der Waals surface area contributed by atoms with E-state index in [4.69, 9.17) is 9.72 Å². The first kappa shape index (κ1) is 25.1. The van der Waals surface area contributed by atoms with Crippen molar-refractivity contribution in [1.82, 2.24) is 9.55 Å². The highest BCUT2D eigenvalue weighted by Gasteiger charge is 2.36. The Labute approximate surface area is 212 Å². The first-order valence-corrected chi connectivity index (χ1v) is 13.7. The van der Waals surface area contributed by atoms with Gasteiger partial charge in [0.25, 0.3) is 0 Å². The summed E-state index contributed by atoms with van der Waals surface area (Å²) in [5, 5.41) is 21.4. The van der Waals surface area contributed by atoms with Gasteiger partial charge in [0.15, 0.2) is 0 Å². The number of anilines is 1. The van der Waals surface area contributed by atoms with Gasteiger partial charge in [-0.25, -0.2) is 9.78 Å². The molecule has 8 heteroatoms. The zero-order chi connectivity index (χ0) is 25.4. The molecule has 2 saturated carbocycles. The predicted molar refractivity (Wildman–Crippen MR) is 137 cm³/mol. The Morgan fingerprint density at radius 1 is 1.06 bits per heavy atom. The maximum atomic E-state index is 12.6. The molecule has 2 aromatic rings. The molecule has 196 valence electrons. The number of ether oxygens (including phenoxy) is 1. The summed E-state index contributed by atoms with van der Waals surface area (Å²) in [6.07, 6.45) is 10.1. The van der Waals surface area contributed by atoms with E-state index < -0.39 is 12.1 Å². The van der Waals surface area contributed by atoms with Gasteiger partial charge in [-0.3, -0.25) is 9.69 Å². The van der Waals surface area contributed by atoms with E-state index in [1.165, 1.54) is 20.0 Å². The number of hydrogen-bond donors (Lipinski definition) is 2. The molecule has 8 nitrogen and oxygen atoms in total. The zero-order valence-electron chi connectivity index (χ0n) is 21.5. The van der Waals surface area contributed by atoms with Crippen molar-refractivity contribution in [3.05, 3.63) is 23.5 Å². The summed E-state index contributed by atoms with van der Waals surface area (Å²) in [6.45, 7) is 2.03. The summed E-state index contributed by atoms with van der Waals surface area (Å²) >= 11 is 0. The van der Waals surface area contributed by atoms with Gasteiger partial charge in [0, 0.05) is 17.6 Å². The molecule has 2 N–H and O–H groups in total. The fraction of sp³-hybridized carbons (Fsp3) is 0.679. The normalized spacial score (nSPS) is 26.3. The summed E-state index contributed by atoms with van der Waals surface area (Å²) in [7, 11) is 1.40. The summed E-state index contributed by atoms with van der Waals surface area (Å²) < 4.78 is 7.25. The molecule has 1 aromatic heterocycles. The summed E-state index contributed by atoms with van der Waals surface area (Å²) in [5.41, 5.74) is 3.59. The van der Waals surface area contributed by atoms with Crippen molar-refractivity contribution in [2.45, 2.75) is 102 Å². The van der Waals surface area contributed by atoms with E-state index in [9.17, 15) is 19.8 Å². The lowest BCUT2D eigenvalue weighted by Gasteiger charge is -2.34. The maximum Gasteiger partial charge on any atom is 0.414 e. The van der Waals surface area contributed by atoms with Gasteiger partial charge in [-0.15, -0.1) is 0 Å². The van der Waals surface area contributed by atoms with Crippen molar-refractivity contribution < 1.29 is 24.5 Å². The second-order valence-electron chi connectivity index (χ2n) is 11.1. The lowest BCUT2D eigenvalue weighted by molar-refractivity contribution is -0.143.